The van der Waals surface area contributed by atoms with Gasteiger partial charge in [0.25, 0.3) is 0 Å². The minimum absolute atomic E-state index is 0.219. The average molecular weight is 264 g/mol. The van der Waals surface area contributed by atoms with Crippen molar-refractivity contribution in [3.8, 4) is 5.75 Å². The van der Waals surface area contributed by atoms with E-state index in [0.29, 0.717) is 19.1 Å². The van der Waals surface area contributed by atoms with Gasteiger partial charge in [0.15, 0.2) is 0 Å². The summed E-state index contributed by atoms with van der Waals surface area (Å²) in [6.07, 6.45) is 1.19. The summed E-state index contributed by atoms with van der Waals surface area (Å²) in [5.41, 5.74) is 7.18. The van der Waals surface area contributed by atoms with E-state index in [1.807, 2.05) is 19.1 Å². The summed E-state index contributed by atoms with van der Waals surface area (Å²) in [6, 6.07) is 8.43. The Bertz CT molecular complexity index is 368. The molecule has 3 heteroatoms. The molecule has 108 valence electrons. The Morgan fingerprint density at radius 3 is 2.53 bits per heavy atom. The van der Waals surface area contributed by atoms with E-state index in [4.69, 9.17) is 10.5 Å². The molecule has 0 spiro atoms. The quantitative estimate of drug-likeness (QED) is 0.784. The number of hydrogen-bond acceptors (Lipinski definition) is 3. The molecule has 1 rings (SSSR count). The molecule has 19 heavy (non-hydrogen) atoms. The van der Waals surface area contributed by atoms with Crippen molar-refractivity contribution in [1.82, 2.24) is 4.90 Å². The fraction of sp³-hybridized carbons (Fsp3) is 0.625. The molecular formula is C16H28N2O. The zero-order valence-electron chi connectivity index (χ0n) is 12.7. The molecule has 0 saturated heterocycles. The third-order valence-corrected chi connectivity index (χ3v) is 3.63. The molecule has 0 aliphatic carbocycles. The summed E-state index contributed by atoms with van der Waals surface area (Å²) in [6.45, 7) is 8.86. The number of rotatable bonds is 8. The molecule has 0 fully saturated rings. The van der Waals surface area contributed by atoms with E-state index >= 15 is 0 Å². The van der Waals surface area contributed by atoms with Gasteiger partial charge in [0.1, 0.15) is 5.75 Å². The summed E-state index contributed by atoms with van der Waals surface area (Å²) >= 11 is 0. The Morgan fingerprint density at radius 2 is 1.95 bits per heavy atom. The average Bonchev–Trinajstić information content (AvgIpc) is 2.41. The lowest BCUT2D eigenvalue weighted by Gasteiger charge is -2.30. The topological polar surface area (TPSA) is 38.5 Å². The second-order valence-corrected chi connectivity index (χ2v) is 5.18. The monoisotopic (exact) mass is 264 g/mol. The van der Waals surface area contributed by atoms with Crippen LogP contribution in [0, 0.1) is 5.92 Å². The maximum atomic E-state index is 5.99. The molecule has 1 aromatic rings. The highest BCUT2D eigenvalue weighted by atomic mass is 16.5. The number of benzene rings is 1. The predicted octanol–water partition coefficient (Wildman–Crippen LogP) is 3.06. The first-order chi connectivity index (χ1) is 9.13. The first-order valence-electron chi connectivity index (χ1n) is 7.26. The molecule has 1 aromatic carbocycles. The SMILES string of the molecule is CCOc1ccccc1C(CN)N(C)CC(C)CC. The van der Waals surface area contributed by atoms with Crippen LogP contribution in [0.1, 0.15) is 38.8 Å². The lowest BCUT2D eigenvalue weighted by molar-refractivity contribution is 0.209. The predicted molar refractivity (Wildman–Crippen MR) is 81.5 cm³/mol. The molecule has 3 nitrogen and oxygen atoms in total. The Balaban J connectivity index is 2.89. The van der Waals surface area contributed by atoms with Crippen LogP contribution >= 0.6 is 0 Å². The molecule has 0 radical (unpaired) electrons. The first-order valence-corrected chi connectivity index (χ1v) is 7.26. The number of nitrogens with zero attached hydrogens (tertiary/aromatic N) is 1. The molecule has 0 heterocycles. The second-order valence-electron chi connectivity index (χ2n) is 5.18. The fourth-order valence-electron chi connectivity index (χ4n) is 2.34. The van der Waals surface area contributed by atoms with Gasteiger partial charge in [-0.2, -0.15) is 0 Å². The maximum absolute atomic E-state index is 5.99. The molecule has 0 aliphatic heterocycles. The van der Waals surface area contributed by atoms with E-state index in [9.17, 15) is 0 Å². The normalized spacial score (nSPS) is 14.4. The van der Waals surface area contributed by atoms with E-state index in [0.717, 1.165) is 12.3 Å². The Kier molecular flexibility index (Phi) is 6.89. The Morgan fingerprint density at radius 1 is 1.26 bits per heavy atom. The second kappa shape index (κ2) is 8.18. The Labute approximate surface area is 117 Å². The van der Waals surface area contributed by atoms with Gasteiger partial charge in [0.05, 0.1) is 12.6 Å². The van der Waals surface area contributed by atoms with Crippen LogP contribution in [0.5, 0.6) is 5.75 Å². The summed E-state index contributed by atoms with van der Waals surface area (Å²) in [5, 5.41) is 0. The summed E-state index contributed by atoms with van der Waals surface area (Å²) < 4.78 is 5.72. The van der Waals surface area contributed by atoms with Crippen molar-refractivity contribution in [2.75, 3.05) is 26.7 Å². The number of likely N-dealkylation sites (N-methyl/N-ethyl adjacent to an activating group) is 1. The molecule has 2 atom stereocenters. The molecule has 0 aromatic heterocycles. The summed E-state index contributed by atoms with van der Waals surface area (Å²) in [7, 11) is 2.15. The van der Waals surface area contributed by atoms with Gasteiger partial charge < -0.3 is 10.5 Å². The zero-order valence-corrected chi connectivity index (χ0v) is 12.7. The number of ether oxygens (including phenoxy) is 1. The van der Waals surface area contributed by atoms with Crippen LogP contribution in [0.3, 0.4) is 0 Å². The van der Waals surface area contributed by atoms with Gasteiger partial charge >= 0.3 is 0 Å². The highest BCUT2D eigenvalue weighted by Crippen LogP contribution is 2.28. The van der Waals surface area contributed by atoms with Crippen molar-refractivity contribution in [2.24, 2.45) is 11.7 Å². The van der Waals surface area contributed by atoms with E-state index in [1.165, 1.54) is 12.0 Å². The van der Waals surface area contributed by atoms with Crippen molar-refractivity contribution in [3.63, 3.8) is 0 Å². The van der Waals surface area contributed by atoms with E-state index < -0.39 is 0 Å². The summed E-state index contributed by atoms with van der Waals surface area (Å²) in [4.78, 5) is 2.34. The van der Waals surface area contributed by atoms with Gasteiger partial charge in [-0.15, -0.1) is 0 Å². The lowest BCUT2D eigenvalue weighted by Crippen LogP contribution is -2.33. The largest absolute Gasteiger partial charge is 0.494 e. The van der Waals surface area contributed by atoms with Crippen molar-refractivity contribution in [1.29, 1.82) is 0 Å². The molecule has 0 aliphatic rings. The van der Waals surface area contributed by atoms with Gasteiger partial charge in [0.2, 0.25) is 0 Å². The van der Waals surface area contributed by atoms with E-state index in [2.05, 4.69) is 37.9 Å². The Hall–Kier alpha value is -1.06. The van der Waals surface area contributed by atoms with Crippen LogP contribution in [-0.4, -0.2) is 31.6 Å². The number of para-hydroxylation sites is 1. The maximum Gasteiger partial charge on any atom is 0.124 e. The van der Waals surface area contributed by atoms with E-state index in [-0.39, 0.29) is 6.04 Å². The van der Waals surface area contributed by atoms with Crippen LogP contribution < -0.4 is 10.5 Å². The highest BCUT2D eigenvalue weighted by molar-refractivity contribution is 5.36. The van der Waals surface area contributed by atoms with Crippen LogP contribution in [-0.2, 0) is 0 Å². The zero-order chi connectivity index (χ0) is 14.3. The van der Waals surface area contributed by atoms with Crippen molar-refractivity contribution >= 4 is 0 Å². The molecular weight excluding hydrogens is 236 g/mol. The molecule has 0 saturated carbocycles. The van der Waals surface area contributed by atoms with Gasteiger partial charge in [-0.1, -0.05) is 38.5 Å². The third kappa shape index (κ3) is 4.51. The molecule has 0 bridgehead atoms. The van der Waals surface area contributed by atoms with Crippen molar-refractivity contribution in [2.45, 2.75) is 33.2 Å². The standard InChI is InChI=1S/C16H28N2O/c1-5-13(3)12-18(4)15(11-17)14-9-7-8-10-16(14)19-6-2/h7-10,13,15H,5-6,11-12,17H2,1-4H3. The summed E-state index contributed by atoms with van der Waals surface area (Å²) in [5.74, 6) is 1.63. The molecule has 0 amide bonds. The van der Waals surface area contributed by atoms with Crippen LogP contribution in [0.2, 0.25) is 0 Å². The van der Waals surface area contributed by atoms with Crippen LogP contribution in [0.25, 0.3) is 0 Å². The lowest BCUT2D eigenvalue weighted by atomic mass is 10.0. The minimum atomic E-state index is 0.219. The van der Waals surface area contributed by atoms with Crippen LogP contribution in [0.15, 0.2) is 24.3 Å². The molecule has 2 unspecified atom stereocenters. The first kappa shape index (κ1) is 16.0. The minimum Gasteiger partial charge on any atom is -0.494 e. The fourth-order valence-corrected chi connectivity index (χ4v) is 2.34. The smallest absolute Gasteiger partial charge is 0.124 e. The van der Waals surface area contributed by atoms with Gasteiger partial charge in [0, 0.05) is 18.7 Å². The van der Waals surface area contributed by atoms with Gasteiger partial charge in [-0.05, 0) is 26.0 Å². The van der Waals surface area contributed by atoms with Crippen molar-refractivity contribution < 1.29 is 4.74 Å². The van der Waals surface area contributed by atoms with Crippen LogP contribution in [0.4, 0.5) is 0 Å². The van der Waals surface area contributed by atoms with Gasteiger partial charge in [-0.3, -0.25) is 4.90 Å². The van der Waals surface area contributed by atoms with E-state index in [1.54, 1.807) is 0 Å². The molecule has 2 N–H and O–H groups in total. The highest BCUT2D eigenvalue weighted by Gasteiger charge is 2.20. The van der Waals surface area contributed by atoms with Gasteiger partial charge in [-0.25, -0.2) is 0 Å². The third-order valence-electron chi connectivity index (χ3n) is 3.63. The number of nitrogens with two attached hydrogens (primary N) is 1. The van der Waals surface area contributed by atoms with Crippen molar-refractivity contribution in [3.05, 3.63) is 29.8 Å². The number of hydrogen-bond donors (Lipinski definition) is 1.